The molecule has 0 aromatic heterocycles. The summed E-state index contributed by atoms with van der Waals surface area (Å²) in [4.78, 5) is 2.40. The minimum atomic E-state index is -0.591. The molecule has 2 unspecified atom stereocenters. The molecule has 0 aromatic carbocycles. The van der Waals surface area contributed by atoms with Gasteiger partial charge in [0.05, 0.1) is 6.07 Å². The van der Waals surface area contributed by atoms with Crippen LogP contribution in [0.5, 0.6) is 0 Å². The molecular formula is C13H23N3OS. The Hall–Kier alpha value is -0.440. The molecule has 2 atom stereocenters. The lowest BCUT2D eigenvalue weighted by molar-refractivity contribution is 0.240. The SMILES string of the molecule is CNC1(C#N)CCCC1CCN1CCS(=O)CC1. The molecule has 5 heteroatoms. The summed E-state index contributed by atoms with van der Waals surface area (Å²) in [6.07, 6.45) is 4.38. The van der Waals surface area contributed by atoms with Gasteiger partial charge in [-0.25, -0.2) is 0 Å². The van der Waals surface area contributed by atoms with Crippen LogP contribution < -0.4 is 5.32 Å². The molecule has 0 spiro atoms. The van der Waals surface area contributed by atoms with Crippen molar-refractivity contribution in [3.8, 4) is 6.07 Å². The lowest BCUT2D eigenvalue weighted by atomic mass is 9.86. The highest BCUT2D eigenvalue weighted by atomic mass is 32.2. The predicted octanol–water partition coefficient (Wildman–Crippen LogP) is 0.723. The maximum absolute atomic E-state index is 11.3. The van der Waals surface area contributed by atoms with Gasteiger partial charge in [-0.15, -0.1) is 0 Å². The molecule has 1 N–H and O–H groups in total. The second-order valence-electron chi connectivity index (χ2n) is 5.40. The smallest absolute Gasteiger partial charge is 0.109 e. The molecule has 18 heavy (non-hydrogen) atoms. The van der Waals surface area contributed by atoms with Crippen LogP contribution in [0.15, 0.2) is 0 Å². The van der Waals surface area contributed by atoms with E-state index in [-0.39, 0.29) is 5.54 Å². The third-order valence-corrected chi connectivity index (χ3v) is 5.81. The van der Waals surface area contributed by atoms with Crippen molar-refractivity contribution in [2.45, 2.75) is 31.2 Å². The molecular weight excluding hydrogens is 246 g/mol. The normalized spacial score (nSPS) is 34.6. The molecule has 0 radical (unpaired) electrons. The minimum absolute atomic E-state index is 0.293. The van der Waals surface area contributed by atoms with Gasteiger partial charge in [-0.1, -0.05) is 6.42 Å². The summed E-state index contributed by atoms with van der Waals surface area (Å²) in [5.74, 6) is 2.11. The van der Waals surface area contributed by atoms with E-state index in [4.69, 9.17) is 0 Å². The first kappa shape index (κ1) is 14.0. The Labute approximate surface area is 112 Å². The van der Waals surface area contributed by atoms with Crippen LogP contribution in [-0.4, -0.2) is 52.8 Å². The Morgan fingerprint density at radius 2 is 2.22 bits per heavy atom. The summed E-state index contributed by atoms with van der Waals surface area (Å²) < 4.78 is 11.3. The Morgan fingerprint density at radius 1 is 1.50 bits per heavy atom. The second-order valence-corrected chi connectivity index (χ2v) is 7.10. The summed E-state index contributed by atoms with van der Waals surface area (Å²) in [5, 5.41) is 12.6. The van der Waals surface area contributed by atoms with Crippen molar-refractivity contribution in [3.05, 3.63) is 0 Å². The monoisotopic (exact) mass is 269 g/mol. The first-order valence-electron chi connectivity index (χ1n) is 6.88. The van der Waals surface area contributed by atoms with Crippen LogP contribution in [0.3, 0.4) is 0 Å². The van der Waals surface area contributed by atoms with E-state index in [1.165, 1.54) is 0 Å². The summed E-state index contributed by atoms with van der Waals surface area (Å²) in [6.45, 7) is 2.96. The molecule has 0 aromatic rings. The third kappa shape index (κ3) is 2.93. The molecule has 2 rings (SSSR count). The first-order valence-corrected chi connectivity index (χ1v) is 8.36. The Balaban J connectivity index is 1.83. The average molecular weight is 269 g/mol. The van der Waals surface area contributed by atoms with Gasteiger partial charge in [-0.3, -0.25) is 4.21 Å². The van der Waals surface area contributed by atoms with Crippen molar-refractivity contribution in [1.82, 2.24) is 10.2 Å². The van der Waals surface area contributed by atoms with Crippen molar-refractivity contribution >= 4 is 10.8 Å². The van der Waals surface area contributed by atoms with Crippen LogP contribution in [0.25, 0.3) is 0 Å². The van der Waals surface area contributed by atoms with Crippen LogP contribution in [0, 0.1) is 17.2 Å². The number of nitriles is 1. The molecule has 4 nitrogen and oxygen atoms in total. The maximum Gasteiger partial charge on any atom is 0.109 e. The number of hydrogen-bond acceptors (Lipinski definition) is 4. The third-order valence-electron chi connectivity index (χ3n) is 4.53. The summed E-state index contributed by atoms with van der Waals surface area (Å²) >= 11 is 0. The van der Waals surface area contributed by atoms with E-state index >= 15 is 0 Å². The lowest BCUT2D eigenvalue weighted by Crippen LogP contribution is -2.46. The Morgan fingerprint density at radius 3 is 2.83 bits per heavy atom. The quantitative estimate of drug-likeness (QED) is 0.817. The van der Waals surface area contributed by atoms with Crippen molar-refractivity contribution < 1.29 is 4.21 Å². The van der Waals surface area contributed by atoms with Gasteiger partial charge in [0, 0.05) is 35.4 Å². The number of hydrogen-bond donors (Lipinski definition) is 1. The van der Waals surface area contributed by atoms with Crippen LogP contribution >= 0.6 is 0 Å². The van der Waals surface area contributed by atoms with E-state index in [1.807, 2.05) is 7.05 Å². The van der Waals surface area contributed by atoms with Crippen molar-refractivity contribution in [2.24, 2.45) is 5.92 Å². The number of nitrogens with one attached hydrogen (secondary N) is 1. The van der Waals surface area contributed by atoms with Gasteiger partial charge in [0.1, 0.15) is 5.54 Å². The molecule has 1 heterocycles. The van der Waals surface area contributed by atoms with Gasteiger partial charge in [0.15, 0.2) is 0 Å². The fourth-order valence-corrected chi connectivity index (χ4v) is 4.37. The van der Waals surface area contributed by atoms with Gasteiger partial charge in [-0.2, -0.15) is 5.26 Å². The zero-order chi connectivity index (χ0) is 13.0. The molecule has 1 aliphatic heterocycles. The largest absolute Gasteiger partial charge is 0.302 e. The first-order chi connectivity index (χ1) is 8.70. The van der Waals surface area contributed by atoms with Crippen LogP contribution in [-0.2, 0) is 10.8 Å². The van der Waals surface area contributed by atoms with Gasteiger partial charge < -0.3 is 10.2 Å². The Bertz CT molecular complexity index is 345. The van der Waals surface area contributed by atoms with Gasteiger partial charge >= 0.3 is 0 Å². The molecule has 1 aliphatic carbocycles. The van der Waals surface area contributed by atoms with Gasteiger partial charge in [0.2, 0.25) is 0 Å². The topological polar surface area (TPSA) is 56.1 Å². The van der Waals surface area contributed by atoms with Crippen molar-refractivity contribution in [2.75, 3.05) is 38.2 Å². The molecule has 102 valence electrons. The van der Waals surface area contributed by atoms with E-state index in [9.17, 15) is 9.47 Å². The highest BCUT2D eigenvalue weighted by molar-refractivity contribution is 7.85. The van der Waals surface area contributed by atoms with E-state index in [0.29, 0.717) is 5.92 Å². The lowest BCUT2D eigenvalue weighted by Gasteiger charge is -2.31. The van der Waals surface area contributed by atoms with Crippen LogP contribution in [0.4, 0.5) is 0 Å². The van der Waals surface area contributed by atoms with Crippen molar-refractivity contribution in [1.29, 1.82) is 5.26 Å². The fraction of sp³-hybridized carbons (Fsp3) is 0.923. The van der Waals surface area contributed by atoms with E-state index in [1.54, 1.807) is 0 Å². The zero-order valence-electron chi connectivity index (χ0n) is 11.2. The molecule has 0 bridgehead atoms. The molecule has 1 saturated carbocycles. The summed E-state index contributed by atoms with van der Waals surface area (Å²) in [5.41, 5.74) is -0.293. The number of rotatable bonds is 4. The number of nitrogens with zero attached hydrogens (tertiary/aromatic N) is 2. The summed E-state index contributed by atoms with van der Waals surface area (Å²) in [6, 6.07) is 2.49. The van der Waals surface area contributed by atoms with Gasteiger partial charge in [0.25, 0.3) is 0 Å². The van der Waals surface area contributed by atoms with E-state index in [2.05, 4.69) is 16.3 Å². The molecule has 0 amide bonds. The minimum Gasteiger partial charge on any atom is -0.302 e. The molecule has 2 aliphatic rings. The fourth-order valence-electron chi connectivity index (χ4n) is 3.24. The molecule has 1 saturated heterocycles. The standard InChI is InChI=1S/C13H23N3OS/c1-15-13(11-14)5-2-3-12(13)4-6-16-7-9-18(17)10-8-16/h12,15H,2-10H2,1H3. The van der Waals surface area contributed by atoms with E-state index in [0.717, 1.165) is 56.8 Å². The molecule has 2 fully saturated rings. The van der Waals surface area contributed by atoms with E-state index < -0.39 is 10.8 Å². The Kier molecular flexibility index (Phi) is 4.77. The second kappa shape index (κ2) is 6.14. The average Bonchev–Trinajstić information content (AvgIpc) is 2.81. The van der Waals surface area contributed by atoms with Crippen molar-refractivity contribution in [3.63, 3.8) is 0 Å². The highest BCUT2D eigenvalue weighted by Crippen LogP contribution is 2.37. The van der Waals surface area contributed by atoms with Crippen LogP contribution in [0.1, 0.15) is 25.7 Å². The predicted molar refractivity (Wildman–Crippen MR) is 73.7 cm³/mol. The highest BCUT2D eigenvalue weighted by Gasteiger charge is 2.41. The summed E-state index contributed by atoms with van der Waals surface area (Å²) in [7, 11) is 1.32. The van der Waals surface area contributed by atoms with Crippen LogP contribution in [0.2, 0.25) is 0 Å². The zero-order valence-corrected chi connectivity index (χ0v) is 12.0. The van der Waals surface area contributed by atoms with Gasteiger partial charge in [-0.05, 0) is 38.8 Å². The maximum atomic E-state index is 11.3.